The Morgan fingerprint density at radius 3 is 2.28 bits per heavy atom. The van der Waals surface area contributed by atoms with Crippen LogP contribution in [0.5, 0.6) is 5.75 Å². The average molecular weight is 239 g/mol. The molecule has 2 aromatic rings. The molecule has 92 valence electrons. The third-order valence-corrected chi connectivity index (χ3v) is 2.85. The first-order valence-corrected chi connectivity index (χ1v) is 5.97. The highest BCUT2D eigenvalue weighted by Gasteiger charge is 2.03. The summed E-state index contributed by atoms with van der Waals surface area (Å²) in [6.45, 7) is 5.93. The summed E-state index contributed by atoms with van der Waals surface area (Å²) in [4.78, 5) is 4.35. The molecule has 0 atom stereocenters. The Labute approximate surface area is 108 Å². The van der Waals surface area contributed by atoms with Crippen LogP contribution in [0.1, 0.15) is 22.3 Å². The monoisotopic (exact) mass is 239 g/mol. The standard InChI is InChI=1S/C16H17NO/c1-11-4-6-14(7-5-11)10-17-15-9-12(2)8-13(3)16(15)18/h4-10,18H,1-3H3. The number of hydrogen-bond acceptors (Lipinski definition) is 2. The van der Waals surface area contributed by atoms with E-state index in [9.17, 15) is 5.11 Å². The van der Waals surface area contributed by atoms with Gasteiger partial charge in [0, 0.05) is 6.21 Å². The van der Waals surface area contributed by atoms with Gasteiger partial charge in [-0.3, -0.25) is 4.99 Å². The summed E-state index contributed by atoms with van der Waals surface area (Å²) in [5, 5.41) is 9.93. The van der Waals surface area contributed by atoms with Crippen molar-refractivity contribution in [3.63, 3.8) is 0 Å². The van der Waals surface area contributed by atoms with Gasteiger partial charge in [-0.1, -0.05) is 35.9 Å². The van der Waals surface area contributed by atoms with Gasteiger partial charge in [-0.15, -0.1) is 0 Å². The summed E-state index contributed by atoms with van der Waals surface area (Å²) in [5.41, 5.74) is 4.82. The molecule has 0 amide bonds. The first-order valence-electron chi connectivity index (χ1n) is 5.97. The molecule has 0 bridgehead atoms. The van der Waals surface area contributed by atoms with Crippen molar-refractivity contribution in [3.8, 4) is 5.75 Å². The molecule has 0 spiro atoms. The van der Waals surface area contributed by atoms with Crippen molar-refractivity contribution in [2.24, 2.45) is 4.99 Å². The SMILES string of the molecule is Cc1ccc(C=Nc2cc(C)cc(C)c2O)cc1. The largest absolute Gasteiger partial charge is 0.505 e. The molecular formula is C16H17NO. The highest BCUT2D eigenvalue weighted by Crippen LogP contribution is 2.30. The number of aromatic hydroxyl groups is 1. The molecular weight excluding hydrogens is 222 g/mol. The van der Waals surface area contributed by atoms with Crippen molar-refractivity contribution in [3.05, 3.63) is 58.7 Å². The molecule has 0 heterocycles. The zero-order valence-corrected chi connectivity index (χ0v) is 10.9. The number of hydrogen-bond donors (Lipinski definition) is 1. The third-order valence-electron chi connectivity index (χ3n) is 2.85. The fraction of sp³-hybridized carbons (Fsp3) is 0.188. The number of aryl methyl sites for hydroxylation is 3. The quantitative estimate of drug-likeness (QED) is 0.787. The molecule has 0 unspecified atom stereocenters. The molecule has 0 saturated carbocycles. The van der Waals surface area contributed by atoms with Crippen molar-refractivity contribution in [1.82, 2.24) is 0 Å². The molecule has 2 heteroatoms. The lowest BCUT2D eigenvalue weighted by molar-refractivity contribution is 0.472. The van der Waals surface area contributed by atoms with Crippen LogP contribution in [0.25, 0.3) is 0 Å². The van der Waals surface area contributed by atoms with Crippen LogP contribution in [0.2, 0.25) is 0 Å². The van der Waals surface area contributed by atoms with E-state index in [2.05, 4.69) is 11.9 Å². The number of benzene rings is 2. The number of nitrogens with zero attached hydrogens (tertiary/aromatic N) is 1. The van der Waals surface area contributed by atoms with Gasteiger partial charge >= 0.3 is 0 Å². The molecule has 0 aliphatic rings. The predicted octanol–water partition coefficient (Wildman–Crippen LogP) is 4.07. The van der Waals surface area contributed by atoms with Crippen LogP contribution >= 0.6 is 0 Å². The lowest BCUT2D eigenvalue weighted by Crippen LogP contribution is -1.83. The lowest BCUT2D eigenvalue weighted by atomic mass is 10.1. The maximum Gasteiger partial charge on any atom is 0.144 e. The molecule has 0 aliphatic heterocycles. The second kappa shape index (κ2) is 5.05. The van der Waals surface area contributed by atoms with E-state index in [4.69, 9.17) is 0 Å². The maximum atomic E-state index is 9.93. The van der Waals surface area contributed by atoms with Crippen LogP contribution in [0.4, 0.5) is 5.69 Å². The van der Waals surface area contributed by atoms with Gasteiger partial charge in [-0.25, -0.2) is 0 Å². The third kappa shape index (κ3) is 2.77. The first kappa shape index (κ1) is 12.4. The number of rotatable bonds is 2. The fourth-order valence-electron chi connectivity index (χ4n) is 1.83. The summed E-state index contributed by atoms with van der Waals surface area (Å²) in [7, 11) is 0. The van der Waals surface area contributed by atoms with Gasteiger partial charge in [-0.2, -0.15) is 0 Å². The van der Waals surface area contributed by atoms with E-state index in [0.717, 1.165) is 16.7 Å². The molecule has 2 rings (SSSR count). The molecule has 2 nitrogen and oxygen atoms in total. The van der Waals surface area contributed by atoms with Gasteiger partial charge in [-0.05, 0) is 43.5 Å². The summed E-state index contributed by atoms with van der Waals surface area (Å²) in [6.07, 6.45) is 1.77. The fourth-order valence-corrected chi connectivity index (χ4v) is 1.83. The van der Waals surface area contributed by atoms with E-state index < -0.39 is 0 Å². The Bertz CT molecular complexity index is 583. The van der Waals surface area contributed by atoms with Crippen molar-refractivity contribution in [2.75, 3.05) is 0 Å². The maximum absolute atomic E-state index is 9.93. The zero-order chi connectivity index (χ0) is 13.1. The Balaban J connectivity index is 2.31. The summed E-state index contributed by atoms with van der Waals surface area (Å²) >= 11 is 0. The van der Waals surface area contributed by atoms with Crippen molar-refractivity contribution >= 4 is 11.9 Å². The van der Waals surface area contributed by atoms with Crippen LogP contribution in [0, 0.1) is 20.8 Å². The molecule has 0 aliphatic carbocycles. The van der Waals surface area contributed by atoms with Gasteiger partial charge in [0.2, 0.25) is 0 Å². The van der Waals surface area contributed by atoms with Gasteiger partial charge in [0.15, 0.2) is 0 Å². The smallest absolute Gasteiger partial charge is 0.144 e. The minimum absolute atomic E-state index is 0.254. The van der Waals surface area contributed by atoms with E-state index in [1.165, 1.54) is 5.56 Å². The van der Waals surface area contributed by atoms with Crippen LogP contribution in [0.15, 0.2) is 41.4 Å². The average Bonchev–Trinajstić information content (AvgIpc) is 2.34. The van der Waals surface area contributed by atoms with Crippen molar-refractivity contribution in [1.29, 1.82) is 0 Å². The topological polar surface area (TPSA) is 32.6 Å². The normalized spacial score (nSPS) is 11.1. The number of aliphatic imine (C=N–C) groups is 1. The van der Waals surface area contributed by atoms with E-state index in [1.807, 2.05) is 50.2 Å². The van der Waals surface area contributed by atoms with Crippen molar-refractivity contribution < 1.29 is 5.11 Å². The first-order chi connectivity index (χ1) is 8.56. The van der Waals surface area contributed by atoms with E-state index in [-0.39, 0.29) is 5.75 Å². The van der Waals surface area contributed by atoms with Crippen LogP contribution in [-0.4, -0.2) is 11.3 Å². The second-order valence-corrected chi connectivity index (χ2v) is 4.62. The summed E-state index contributed by atoms with van der Waals surface area (Å²) < 4.78 is 0. The minimum atomic E-state index is 0.254. The number of phenolic OH excluding ortho intramolecular Hbond substituents is 1. The lowest BCUT2D eigenvalue weighted by Gasteiger charge is -2.04. The molecule has 0 radical (unpaired) electrons. The Morgan fingerprint density at radius 2 is 1.61 bits per heavy atom. The summed E-state index contributed by atoms with van der Waals surface area (Å²) in [5.74, 6) is 0.254. The van der Waals surface area contributed by atoms with E-state index in [0.29, 0.717) is 5.69 Å². The van der Waals surface area contributed by atoms with Crippen LogP contribution in [0.3, 0.4) is 0 Å². The van der Waals surface area contributed by atoms with Crippen molar-refractivity contribution in [2.45, 2.75) is 20.8 Å². The highest BCUT2D eigenvalue weighted by molar-refractivity contribution is 5.83. The minimum Gasteiger partial charge on any atom is -0.505 e. The molecule has 0 saturated heterocycles. The summed E-state index contributed by atoms with van der Waals surface area (Å²) in [6, 6.07) is 11.9. The molecule has 0 aromatic heterocycles. The van der Waals surface area contributed by atoms with Crippen LogP contribution < -0.4 is 0 Å². The van der Waals surface area contributed by atoms with E-state index >= 15 is 0 Å². The van der Waals surface area contributed by atoms with E-state index in [1.54, 1.807) is 6.21 Å². The molecule has 2 aromatic carbocycles. The Morgan fingerprint density at radius 1 is 0.944 bits per heavy atom. The second-order valence-electron chi connectivity index (χ2n) is 4.62. The number of phenols is 1. The Kier molecular flexibility index (Phi) is 3.47. The highest BCUT2D eigenvalue weighted by atomic mass is 16.3. The van der Waals surface area contributed by atoms with Gasteiger partial charge in [0.25, 0.3) is 0 Å². The molecule has 18 heavy (non-hydrogen) atoms. The van der Waals surface area contributed by atoms with Gasteiger partial charge in [0.05, 0.1) is 0 Å². The molecule has 1 N–H and O–H groups in total. The van der Waals surface area contributed by atoms with Gasteiger partial charge in [0.1, 0.15) is 11.4 Å². The predicted molar refractivity (Wildman–Crippen MR) is 76.0 cm³/mol. The zero-order valence-electron chi connectivity index (χ0n) is 10.9. The molecule has 0 fully saturated rings. The Hall–Kier alpha value is -2.09. The van der Waals surface area contributed by atoms with Crippen LogP contribution in [-0.2, 0) is 0 Å². The van der Waals surface area contributed by atoms with Gasteiger partial charge < -0.3 is 5.11 Å².